The van der Waals surface area contributed by atoms with Crippen LogP contribution in [0.4, 0.5) is 0 Å². The molecule has 0 aliphatic rings. The van der Waals surface area contributed by atoms with Crippen LogP contribution in [0.2, 0.25) is 0 Å². The van der Waals surface area contributed by atoms with Crippen LogP contribution >= 0.6 is 0 Å². The Bertz CT molecular complexity index is 44.9. The number of aliphatic hydroxyl groups is 3. The van der Waals surface area contributed by atoms with Crippen LogP contribution in [-0.2, 0) is 0 Å². The monoisotopic (exact) mass is 105 g/mol. The highest BCUT2D eigenvalue weighted by molar-refractivity contribution is 4.61. The van der Waals surface area contributed by atoms with Crippen LogP contribution in [0.5, 0.6) is 0 Å². The zero-order chi connectivity index (χ0) is 5.91. The maximum atomic E-state index is 8.38. The highest BCUT2D eigenvalue weighted by atomic mass is 16.5. The molecule has 0 saturated heterocycles. The van der Waals surface area contributed by atoms with Crippen LogP contribution in [0.25, 0.3) is 0 Å². The second kappa shape index (κ2) is 2.26. The molecule has 0 bridgehead atoms. The summed E-state index contributed by atoms with van der Waals surface area (Å²) in [4.78, 5) is 0. The van der Waals surface area contributed by atoms with Gasteiger partial charge in [0.15, 0.2) is 5.79 Å². The van der Waals surface area contributed by atoms with Crippen molar-refractivity contribution in [1.82, 2.24) is 0 Å². The molecule has 3 heteroatoms. The predicted octanol–water partition coefficient (Wildman–Crippen LogP) is -1.12. The van der Waals surface area contributed by atoms with Crippen molar-refractivity contribution in [2.75, 3.05) is 6.61 Å². The molecule has 0 aliphatic heterocycles. The summed E-state index contributed by atoms with van der Waals surface area (Å²) in [5.41, 5.74) is 0. The van der Waals surface area contributed by atoms with E-state index in [2.05, 4.69) is 6.92 Å². The Morgan fingerprint density at radius 1 is 1.43 bits per heavy atom. The van der Waals surface area contributed by atoms with E-state index in [1.54, 1.807) is 0 Å². The van der Waals surface area contributed by atoms with Crippen molar-refractivity contribution in [3.8, 4) is 0 Å². The molecular formula is C4H9O3. The van der Waals surface area contributed by atoms with Crippen LogP contribution in [0.3, 0.4) is 0 Å². The van der Waals surface area contributed by atoms with Gasteiger partial charge in [-0.3, -0.25) is 0 Å². The molecule has 0 aromatic rings. The van der Waals surface area contributed by atoms with Gasteiger partial charge in [-0.05, 0) is 6.92 Å². The summed E-state index contributed by atoms with van der Waals surface area (Å²) in [7, 11) is 0. The van der Waals surface area contributed by atoms with Gasteiger partial charge >= 0.3 is 0 Å². The van der Waals surface area contributed by atoms with Gasteiger partial charge in [0.25, 0.3) is 0 Å². The van der Waals surface area contributed by atoms with Gasteiger partial charge < -0.3 is 15.3 Å². The summed E-state index contributed by atoms with van der Waals surface area (Å²) in [6.45, 7) is 2.51. The zero-order valence-electron chi connectivity index (χ0n) is 3.96. The molecular weight excluding hydrogens is 96.0 g/mol. The number of hydrogen-bond donors (Lipinski definition) is 3. The Kier molecular flexibility index (Phi) is 2.22. The smallest absolute Gasteiger partial charge is 0.186 e. The average Bonchev–Trinajstić information content (AvgIpc) is 1.68. The van der Waals surface area contributed by atoms with Crippen LogP contribution < -0.4 is 0 Å². The minimum Gasteiger partial charge on any atom is -0.391 e. The largest absolute Gasteiger partial charge is 0.391 e. The lowest BCUT2D eigenvalue weighted by atomic mass is 10.2. The molecule has 43 valence electrons. The van der Waals surface area contributed by atoms with Crippen LogP contribution in [0.15, 0.2) is 0 Å². The summed E-state index contributed by atoms with van der Waals surface area (Å²) >= 11 is 0. The standard InChI is InChI=1S/C4H9O3/c1-2-4(6,7)3-5/h5-7H,1-3H2. The van der Waals surface area contributed by atoms with Crippen molar-refractivity contribution in [1.29, 1.82) is 0 Å². The van der Waals surface area contributed by atoms with E-state index in [-0.39, 0.29) is 6.42 Å². The van der Waals surface area contributed by atoms with E-state index in [0.717, 1.165) is 0 Å². The molecule has 0 spiro atoms. The van der Waals surface area contributed by atoms with Gasteiger partial charge in [-0.15, -0.1) is 0 Å². The Morgan fingerprint density at radius 2 is 1.86 bits per heavy atom. The van der Waals surface area contributed by atoms with Crippen molar-refractivity contribution in [3.05, 3.63) is 6.92 Å². The van der Waals surface area contributed by atoms with Crippen molar-refractivity contribution in [2.45, 2.75) is 12.2 Å². The number of rotatable bonds is 2. The third-order valence-corrected chi connectivity index (χ3v) is 0.654. The zero-order valence-corrected chi connectivity index (χ0v) is 3.96. The maximum Gasteiger partial charge on any atom is 0.186 e. The second-order valence-electron chi connectivity index (χ2n) is 1.39. The Balaban J connectivity index is 3.36. The SMILES string of the molecule is [CH2]CC(O)(O)CO. The highest BCUT2D eigenvalue weighted by Crippen LogP contribution is 2.00. The molecule has 1 radical (unpaired) electrons. The Labute approximate surface area is 42.2 Å². The van der Waals surface area contributed by atoms with Crippen molar-refractivity contribution in [3.63, 3.8) is 0 Å². The molecule has 0 saturated carbocycles. The van der Waals surface area contributed by atoms with Gasteiger partial charge in [0.2, 0.25) is 0 Å². The number of hydrogen-bond acceptors (Lipinski definition) is 3. The van der Waals surface area contributed by atoms with Crippen molar-refractivity contribution < 1.29 is 15.3 Å². The molecule has 0 atom stereocenters. The van der Waals surface area contributed by atoms with Gasteiger partial charge in [-0.2, -0.15) is 0 Å². The fourth-order valence-corrected chi connectivity index (χ4v) is 0.0791. The summed E-state index contributed by atoms with van der Waals surface area (Å²) in [6.07, 6.45) is -0.0938. The van der Waals surface area contributed by atoms with E-state index >= 15 is 0 Å². The first-order valence-corrected chi connectivity index (χ1v) is 1.97. The quantitative estimate of drug-likeness (QED) is 0.390. The molecule has 3 N–H and O–H groups in total. The molecule has 0 aliphatic carbocycles. The predicted molar refractivity (Wildman–Crippen MR) is 24.2 cm³/mol. The van der Waals surface area contributed by atoms with E-state index < -0.39 is 12.4 Å². The normalized spacial score (nSPS) is 12.0. The lowest BCUT2D eigenvalue weighted by Crippen LogP contribution is -2.31. The van der Waals surface area contributed by atoms with Crippen molar-refractivity contribution >= 4 is 0 Å². The van der Waals surface area contributed by atoms with Gasteiger partial charge in [-0.1, -0.05) is 0 Å². The highest BCUT2D eigenvalue weighted by Gasteiger charge is 2.16. The summed E-state index contributed by atoms with van der Waals surface area (Å²) in [6, 6.07) is 0. The third-order valence-electron chi connectivity index (χ3n) is 0.654. The van der Waals surface area contributed by atoms with Gasteiger partial charge in [0, 0.05) is 6.42 Å². The molecule has 0 fully saturated rings. The first kappa shape index (κ1) is 6.88. The second-order valence-corrected chi connectivity index (χ2v) is 1.39. The lowest BCUT2D eigenvalue weighted by molar-refractivity contribution is -0.183. The minimum atomic E-state index is -1.97. The van der Waals surface area contributed by atoms with Gasteiger partial charge in [0.1, 0.15) is 0 Å². The van der Waals surface area contributed by atoms with Crippen LogP contribution in [-0.4, -0.2) is 27.7 Å². The average molecular weight is 105 g/mol. The molecule has 3 nitrogen and oxygen atoms in total. The van der Waals surface area contributed by atoms with Crippen LogP contribution in [0.1, 0.15) is 6.42 Å². The molecule has 0 amide bonds. The molecule has 0 aromatic carbocycles. The fraction of sp³-hybridized carbons (Fsp3) is 0.750. The first-order chi connectivity index (χ1) is 3.12. The van der Waals surface area contributed by atoms with E-state index in [0.29, 0.717) is 0 Å². The van der Waals surface area contributed by atoms with Crippen molar-refractivity contribution in [2.24, 2.45) is 0 Å². The molecule has 7 heavy (non-hydrogen) atoms. The Hall–Kier alpha value is -0.120. The van der Waals surface area contributed by atoms with Crippen LogP contribution in [0, 0.1) is 6.92 Å². The topological polar surface area (TPSA) is 60.7 Å². The third kappa shape index (κ3) is 2.56. The molecule has 0 aromatic heterocycles. The number of aliphatic hydroxyl groups excluding tert-OH is 1. The minimum absolute atomic E-state index is 0.0938. The van der Waals surface area contributed by atoms with Gasteiger partial charge in [0.05, 0.1) is 6.61 Å². The molecule has 0 unspecified atom stereocenters. The van der Waals surface area contributed by atoms with E-state index in [1.807, 2.05) is 0 Å². The lowest BCUT2D eigenvalue weighted by Gasteiger charge is -2.14. The summed E-state index contributed by atoms with van der Waals surface area (Å²) < 4.78 is 0. The Morgan fingerprint density at radius 3 is 1.86 bits per heavy atom. The fourth-order valence-electron chi connectivity index (χ4n) is 0.0791. The molecule has 0 heterocycles. The van der Waals surface area contributed by atoms with E-state index in [4.69, 9.17) is 15.3 Å². The summed E-state index contributed by atoms with van der Waals surface area (Å²) in [5, 5.41) is 24.8. The molecule has 0 rings (SSSR count). The maximum absolute atomic E-state index is 8.38. The summed E-state index contributed by atoms with van der Waals surface area (Å²) in [5.74, 6) is -1.97. The van der Waals surface area contributed by atoms with Gasteiger partial charge in [-0.25, -0.2) is 0 Å². The van der Waals surface area contributed by atoms with E-state index in [9.17, 15) is 0 Å². The van der Waals surface area contributed by atoms with E-state index in [1.165, 1.54) is 0 Å². The first-order valence-electron chi connectivity index (χ1n) is 1.97.